The third-order valence-electron chi connectivity index (χ3n) is 2.18. The van der Waals surface area contributed by atoms with Gasteiger partial charge in [0.15, 0.2) is 11.0 Å². The first-order chi connectivity index (χ1) is 7.75. The number of nitrogens with zero attached hydrogens (tertiary/aromatic N) is 1. The van der Waals surface area contributed by atoms with Crippen molar-refractivity contribution >= 4 is 28.4 Å². The maximum absolute atomic E-state index is 11.1. The molecule has 0 unspecified atom stereocenters. The van der Waals surface area contributed by atoms with Crippen LogP contribution in [-0.2, 0) is 4.79 Å². The summed E-state index contributed by atoms with van der Waals surface area (Å²) in [6.45, 7) is 1.57. The summed E-state index contributed by atoms with van der Waals surface area (Å²) < 4.78 is 0. The molecule has 16 heavy (non-hydrogen) atoms. The van der Waals surface area contributed by atoms with E-state index in [2.05, 4.69) is 10.3 Å². The summed E-state index contributed by atoms with van der Waals surface area (Å²) in [5, 5.41) is 4.03. The SMILES string of the molecule is CC(=O)C1=CN=C(Nc2ccccc2)SC1. The van der Waals surface area contributed by atoms with E-state index in [-0.39, 0.29) is 5.78 Å². The van der Waals surface area contributed by atoms with Crippen molar-refractivity contribution in [3.8, 4) is 0 Å². The van der Waals surface area contributed by atoms with Crippen LogP contribution in [0.2, 0.25) is 0 Å². The van der Waals surface area contributed by atoms with Crippen LogP contribution in [0.25, 0.3) is 0 Å². The first-order valence-corrected chi connectivity index (χ1v) is 5.97. The van der Waals surface area contributed by atoms with Gasteiger partial charge >= 0.3 is 0 Å². The summed E-state index contributed by atoms with van der Waals surface area (Å²) >= 11 is 1.54. The Morgan fingerprint density at radius 3 is 2.69 bits per heavy atom. The second-order valence-corrected chi connectivity index (χ2v) is 4.39. The summed E-state index contributed by atoms with van der Waals surface area (Å²) in [7, 11) is 0. The number of hydrogen-bond donors (Lipinski definition) is 1. The molecule has 0 fully saturated rings. The number of hydrogen-bond acceptors (Lipinski definition) is 4. The first kappa shape index (κ1) is 11.0. The van der Waals surface area contributed by atoms with Crippen molar-refractivity contribution < 1.29 is 4.79 Å². The summed E-state index contributed by atoms with van der Waals surface area (Å²) in [4.78, 5) is 15.3. The smallest absolute Gasteiger partial charge is 0.165 e. The van der Waals surface area contributed by atoms with Gasteiger partial charge in [-0.05, 0) is 19.1 Å². The van der Waals surface area contributed by atoms with E-state index in [0.717, 1.165) is 16.4 Å². The molecule has 1 aliphatic rings. The Balaban J connectivity index is 2.06. The molecule has 0 radical (unpaired) electrons. The standard InChI is InChI=1S/C12H12N2OS/c1-9(15)10-7-13-12(16-8-10)14-11-5-3-2-4-6-11/h2-7H,8H2,1H3,(H,13,14). The molecule has 0 aliphatic carbocycles. The molecule has 82 valence electrons. The minimum atomic E-state index is 0.0926. The van der Waals surface area contributed by atoms with E-state index < -0.39 is 0 Å². The Bertz CT molecular complexity index is 451. The Labute approximate surface area is 98.7 Å². The molecule has 0 bridgehead atoms. The highest BCUT2D eigenvalue weighted by Gasteiger charge is 2.11. The molecule has 1 aromatic carbocycles. The third-order valence-corrected chi connectivity index (χ3v) is 3.12. The second kappa shape index (κ2) is 4.99. The third kappa shape index (κ3) is 2.73. The van der Waals surface area contributed by atoms with E-state index in [1.165, 1.54) is 0 Å². The summed E-state index contributed by atoms with van der Waals surface area (Å²) in [5.74, 6) is 0.781. The topological polar surface area (TPSA) is 41.5 Å². The first-order valence-electron chi connectivity index (χ1n) is 4.98. The van der Waals surface area contributed by atoms with Crippen molar-refractivity contribution in [3.05, 3.63) is 42.1 Å². The molecule has 1 heterocycles. The molecule has 0 atom stereocenters. The zero-order valence-corrected chi connectivity index (χ0v) is 9.75. The normalized spacial score (nSPS) is 15.1. The summed E-state index contributed by atoms with van der Waals surface area (Å²) in [6.07, 6.45) is 1.64. The maximum Gasteiger partial charge on any atom is 0.165 e. The fourth-order valence-corrected chi connectivity index (χ4v) is 2.15. The van der Waals surface area contributed by atoms with Crippen LogP contribution in [0.3, 0.4) is 0 Å². The van der Waals surface area contributed by atoms with Gasteiger partial charge in [0, 0.05) is 23.2 Å². The number of thioether (sulfide) groups is 1. The predicted molar refractivity (Wildman–Crippen MR) is 68.7 cm³/mol. The number of carbonyl (C=O) groups excluding carboxylic acids is 1. The fraction of sp³-hybridized carbons (Fsp3) is 0.167. The van der Waals surface area contributed by atoms with Crippen LogP contribution in [0.4, 0.5) is 5.69 Å². The molecular formula is C12H12N2OS. The van der Waals surface area contributed by atoms with Gasteiger partial charge in [0.25, 0.3) is 0 Å². The van der Waals surface area contributed by atoms with Crippen LogP contribution in [0, 0.1) is 0 Å². The Morgan fingerprint density at radius 2 is 2.12 bits per heavy atom. The molecule has 0 saturated heterocycles. The monoisotopic (exact) mass is 232 g/mol. The quantitative estimate of drug-likeness (QED) is 0.852. The van der Waals surface area contributed by atoms with Crippen molar-refractivity contribution in [1.29, 1.82) is 0 Å². The lowest BCUT2D eigenvalue weighted by Gasteiger charge is -2.12. The molecule has 4 heteroatoms. The molecule has 1 aliphatic heterocycles. The van der Waals surface area contributed by atoms with Crippen molar-refractivity contribution in [3.63, 3.8) is 0 Å². The predicted octanol–water partition coefficient (Wildman–Crippen LogP) is 2.67. The number of carbonyl (C=O) groups is 1. The molecular weight excluding hydrogens is 220 g/mol. The van der Waals surface area contributed by atoms with Crippen molar-refractivity contribution in [2.24, 2.45) is 4.99 Å². The van der Waals surface area contributed by atoms with Crippen LogP contribution in [0.5, 0.6) is 0 Å². The van der Waals surface area contributed by atoms with Gasteiger partial charge in [-0.1, -0.05) is 30.0 Å². The van der Waals surface area contributed by atoms with Gasteiger partial charge in [0.2, 0.25) is 0 Å². The van der Waals surface area contributed by atoms with Gasteiger partial charge in [-0.2, -0.15) is 0 Å². The highest BCUT2D eigenvalue weighted by molar-refractivity contribution is 8.14. The molecule has 2 rings (SSSR count). The number of amidine groups is 1. The van der Waals surface area contributed by atoms with Gasteiger partial charge < -0.3 is 5.32 Å². The van der Waals surface area contributed by atoms with Crippen molar-refractivity contribution in [2.45, 2.75) is 6.92 Å². The number of Topliss-reactive ketones (excluding diaryl/α,β-unsaturated/α-hetero) is 1. The Hall–Kier alpha value is -1.55. The lowest BCUT2D eigenvalue weighted by Crippen LogP contribution is -2.13. The zero-order valence-electron chi connectivity index (χ0n) is 8.93. The second-order valence-electron chi connectivity index (χ2n) is 3.42. The Morgan fingerprint density at radius 1 is 1.38 bits per heavy atom. The molecule has 1 aromatic rings. The van der Waals surface area contributed by atoms with Gasteiger partial charge in [-0.25, -0.2) is 4.99 Å². The van der Waals surface area contributed by atoms with Crippen LogP contribution < -0.4 is 5.32 Å². The molecule has 3 nitrogen and oxygen atoms in total. The van der Waals surface area contributed by atoms with Crippen LogP contribution in [0.1, 0.15) is 6.92 Å². The van der Waals surface area contributed by atoms with Crippen molar-refractivity contribution in [2.75, 3.05) is 11.1 Å². The number of aliphatic imine (C=N–C) groups is 1. The number of nitrogens with one attached hydrogen (secondary N) is 1. The van der Waals surface area contributed by atoms with E-state index in [9.17, 15) is 4.79 Å². The van der Waals surface area contributed by atoms with Crippen LogP contribution in [0.15, 0.2) is 47.1 Å². The number of ketones is 1. The highest BCUT2D eigenvalue weighted by Crippen LogP contribution is 2.18. The lowest BCUT2D eigenvalue weighted by molar-refractivity contribution is -0.113. The van der Waals surface area contributed by atoms with E-state index >= 15 is 0 Å². The largest absolute Gasteiger partial charge is 0.335 e. The van der Waals surface area contributed by atoms with Gasteiger partial charge in [-0.3, -0.25) is 4.79 Å². The maximum atomic E-state index is 11.1. The molecule has 1 N–H and O–H groups in total. The molecule has 0 spiro atoms. The minimum absolute atomic E-state index is 0.0926. The van der Waals surface area contributed by atoms with Crippen LogP contribution >= 0.6 is 11.8 Å². The van der Waals surface area contributed by atoms with Crippen molar-refractivity contribution in [1.82, 2.24) is 0 Å². The Kier molecular flexibility index (Phi) is 3.41. The number of benzene rings is 1. The van der Waals surface area contributed by atoms with E-state index in [4.69, 9.17) is 0 Å². The van der Waals surface area contributed by atoms with Gasteiger partial charge in [0.1, 0.15) is 0 Å². The van der Waals surface area contributed by atoms with E-state index in [0.29, 0.717) is 5.75 Å². The molecule has 0 amide bonds. The zero-order chi connectivity index (χ0) is 11.4. The fourth-order valence-electron chi connectivity index (χ4n) is 1.26. The van der Waals surface area contributed by atoms with Gasteiger partial charge in [0.05, 0.1) is 0 Å². The molecule has 0 saturated carbocycles. The number of para-hydroxylation sites is 1. The average molecular weight is 232 g/mol. The lowest BCUT2D eigenvalue weighted by atomic mass is 10.2. The number of rotatable bonds is 2. The average Bonchev–Trinajstić information content (AvgIpc) is 2.31. The van der Waals surface area contributed by atoms with Gasteiger partial charge in [-0.15, -0.1) is 0 Å². The summed E-state index contributed by atoms with van der Waals surface area (Å²) in [6, 6.07) is 9.86. The van der Waals surface area contributed by atoms with Crippen LogP contribution in [-0.4, -0.2) is 16.7 Å². The minimum Gasteiger partial charge on any atom is -0.335 e. The number of anilines is 1. The van der Waals surface area contributed by atoms with E-state index in [1.54, 1.807) is 24.9 Å². The molecule has 0 aromatic heterocycles. The van der Waals surface area contributed by atoms with E-state index in [1.807, 2.05) is 30.3 Å². The highest BCUT2D eigenvalue weighted by atomic mass is 32.2. The summed E-state index contributed by atoms with van der Waals surface area (Å²) in [5.41, 5.74) is 1.78.